The van der Waals surface area contributed by atoms with Crippen LogP contribution in [0.4, 0.5) is 0 Å². The van der Waals surface area contributed by atoms with Crippen LogP contribution >= 0.6 is 0 Å². The van der Waals surface area contributed by atoms with E-state index in [9.17, 15) is 4.79 Å². The van der Waals surface area contributed by atoms with Crippen LogP contribution in [0.15, 0.2) is 24.5 Å². The Hall–Kier alpha value is -1.29. The van der Waals surface area contributed by atoms with Crippen molar-refractivity contribution in [1.82, 2.24) is 9.88 Å². The summed E-state index contributed by atoms with van der Waals surface area (Å²) in [5.74, 6) is 0.157. The number of hydrogen-bond donors (Lipinski definition) is 2. The maximum atomic E-state index is 12.4. The SMILES string of the molecule is NCC1(C(=O)NCCn2cccc2)CCCCCC1. The van der Waals surface area contributed by atoms with Gasteiger partial charge in [-0.2, -0.15) is 0 Å². The summed E-state index contributed by atoms with van der Waals surface area (Å²) in [6, 6.07) is 3.99. The van der Waals surface area contributed by atoms with Gasteiger partial charge in [-0.05, 0) is 25.0 Å². The second-order valence-corrected chi connectivity index (χ2v) is 5.58. The number of carbonyl (C=O) groups is 1. The minimum atomic E-state index is -0.312. The van der Waals surface area contributed by atoms with Crippen molar-refractivity contribution < 1.29 is 4.79 Å². The van der Waals surface area contributed by atoms with E-state index in [1.807, 2.05) is 24.5 Å². The maximum Gasteiger partial charge on any atom is 0.227 e. The fourth-order valence-corrected chi connectivity index (χ4v) is 2.93. The smallest absolute Gasteiger partial charge is 0.227 e. The summed E-state index contributed by atoms with van der Waals surface area (Å²) < 4.78 is 2.07. The zero-order valence-corrected chi connectivity index (χ0v) is 11.6. The first kappa shape index (κ1) is 14.1. The summed E-state index contributed by atoms with van der Waals surface area (Å²) in [5, 5.41) is 3.07. The average molecular weight is 263 g/mol. The first-order valence-corrected chi connectivity index (χ1v) is 7.36. The molecule has 0 atom stereocenters. The molecule has 19 heavy (non-hydrogen) atoms. The number of rotatable bonds is 5. The highest BCUT2D eigenvalue weighted by Gasteiger charge is 2.36. The summed E-state index contributed by atoms with van der Waals surface area (Å²) in [4.78, 5) is 12.4. The summed E-state index contributed by atoms with van der Waals surface area (Å²) in [5.41, 5.74) is 5.60. The lowest BCUT2D eigenvalue weighted by atomic mass is 9.79. The molecule has 4 heteroatoms. The fourth-order valence-electron chi connectivity index (χ4n) is 2.93. The summed E-state index contributed by atoms with van der Waals surface area (Å²) in [6.07, 6.45) is 10.6. The molecule has 0 radical (unpaired) electrons. The van der Waals surface area contributed by atoms with Crippen LogP contribution < -0.4 is 11.1 Å². The van der Waals surface area contributed by atoms with Gasteiger partial charge in [-0.3, -0.25) is 4.79 Å². The summed E-state index contributed by atoms with van der Waals surface area (Å²) in [7, 11) is 0. The lowest BCUT2D eigenvalue weighted by molar-refractivity contribution is -0.131. The molecular weight excluding hydrogens is 238 g/mol. The monoisotopic (exact) mass is 263 g/mol. The molecule has 0 saturated heterocycles. The molecule has 0 aliphatic heterocycles. The van der Waals surface area contributed by atoms with Crippen LogP contribution in [-0.4, -0.2) is 23.6 Å². The Bertz CT molecular complexity index is 378. The van der Waals surface area contributed by atoms with Gasteiger partial charge in [0.2, 0.25) is 5.91 Å². The van der Waals surface area contributed by atoms with E-state index in [-0.39, 0.29) is 11.3 Å². The normalized spacial score (nSPS) is 18.8. The predicted octanol–water partition coefficient (Wildman–Crippen LogP) is 1.90. The molecule has 1 aliphatic rings. The summed E-state index contributed by atoms with van der Waals surface area (Å²) in [6.45, 7) is 1.97. The number of carbonyl (C=O) groups excluding carboxylic acids is 1. The highest BCUT2D eigenvalue weighted by molar-refractivity contribution is 5.82. The lowest BCUT2D eigenvalue weighted by Crippen LogP contribution is -2.46. The van der Waals surface area contributed by atoms with Crippen LogP contribution in [-0.2, 0) is 11.3 Å². The molecule has 4 nitrogen and oxygen atoms in total. The van der Waals surface area contributed by atoms with Gasteiger partial charge >= 0.3 is 0 Å². The molecule has 1 aromatic rings. The van der Waals surface area contributed by atoms with Crippen LogP contribution in [0.5, 0.6) is 0 Å². The number of aromatic nitrogens is 1. The zero-order chi connectivity index (χ0) is 13.6. The van der Waals surface area contributed by atoms with Crippen LogP contribution in [0.2, 0.25) is 0 Å². The van der Waals surface area contributed by atoms with Crippen molar-refractivity contribution in [3.63, 3.8) is 0 Å². The third kappa shape index (κ3) is 3.60. The molecule has 1 saturated carbocycles. The first-order chi connectivity index (χ1) is 9.27. The van der Waals surface area contributed by atoms with Gasteiger partial charge in [0.05, 0.1) is 5.41 Å². The highest BCUT2D eigenvalue weighted by Crippen LogP contribution is 2.34. The van der Waals surface area contributed by atoms with Crippen molar-refractivity contribution in [3.8, 4) is 0 Å². The topological polar surface area (TPSA) is 60.1 Å². The Morgan fingerprint density at radius 3 is 2.37 bits per heavy atom. The number of nitrogens with one attached hydrogen (secondary N) is 1. The first-order valence-electron chi connectivity index (χ1n) is 7.36. The van der Waals surface area contributed by atoms with Gasteiger partial charge < -0.3 is 15.6 Å². The van der Waals surface area contributed by atoms with Gasteiger partial charge in [0.25, 0.3) is 0 Å². The third-order valence-corrected chi connectivity index (χ3v) is 4.25. The molecule has 1 heterocycles. The lowest BCUT2D eigenvalue weighted by Gasteiger charge is -2.29. The molecule has 1 amide bonds. The third-order valence-electron chi connectivity index (χ3n) is 4.25. The van der Waals surface area contributed by atoms with E-state index in [2.05, 4.69) is 9.88 Å². The van der Waals surface area contributed by atoms with Crippen molar-refractivity contribution in [2.75, 3.05) is 13.1 Å². The maximum absolute atomic E-state index is 12.4. The highest BCUT2D eigenvalue weighted by atomic mass is 16.2. The molecule has 2 rings (SSSR count). The van der Waals surface area contributed by atoms with E-state index in [0.29, 0.717) is 13.1 Å². The quantitative estimate of drug-likeness (QED) is 0.797. The van der Waals surface area contributed by atoms with Crippen molar-refractivity contribution in [2.24, 2.45) is 11.1 Å². The molecule has 0 bridgehead atoms. The van der Waals surface area contributed by atoms with E-state index < -0.39 is 0 Å². The second-order valence-electron chi connectivity index (χ2n) is 5.58. The number of nitrogens with zero attached hydrogens (tertiary/aromatic N) is 1. The van der Waals surface area contributed by atoms with Crippen molar-refractivity contribution in [1.29, 1.82) is 0 Å². The van der Waals surface area contributed by atoms with Crippen LogP contribution in [0.25, 0.3) is 0 Å². The Morgan fingerprint density at radius 1 is 1.16 bits per heavy atom. The van der Waals surface area contributed by atoms with E-state index in [4.69, 9.17) is 5.73 Å². The molecular formula is C15H25N3O. The Balaban J connectivity index is 1.85. The standard InChI is InChI=1S/C15H25N3O/c16-13-15(7-3-1-2-4-8-15)14(19)17-9-12-18-10-5-6-11-18/h5-6,10-11H,1-4,7-9,12-13,16H2,(H,17,19). The van der Waals surface area contributed by atoms with Gasteiger partial charge in [-0.1, -0.05) is 25.7 Å². The van der Waals surface area contributed by atoms with E-state index >= 15 is 0 Å². The summed E-state index contributed by atoms with van der Waals surface area (Å²) >= 11 is 0. The molecule has 1 aliphatic carbocycles. The fraction of sp³-hybridized carbons (Fsp3) is 0.667. The molecule has 1 fully saturated rings. The predicted molar refractivity (Wildman–Crippen MR) is 76.6 cm³/mol. The van der Waals surface area contributed by atoms with Gasteiger partial charge in [0, 0.05) is 32.0 Å². The Labute approximate surface area is 115 Å². The number of amides is 1. The van der Waals surface area contributed by atoms with E-state index in [0.717, 1.165) is 32.2 Å². The second kappa shape index (κ2) is 6.75. The van der Waals surface area contributed by atoms with Gasteiger partial charge in [0.15, 0.2) is 0 Å². The molecule has 0 spiro atoms. The van der Waals surface area contributed by atoms with E-state index in [1.165, 1.54) is 12.8 Å². The Kier molecular flexibility index (Phi) is 5.02. The number of hydrogen-bond acceptors (Lipinski definition) is 2. The molecule has 0 unspecified atom stereocenters. The molecule has 1 aromatic heterocycles. The van der Waals surface area contributed by atoms with Gasteiger partial charge in [0.1, 0.15) is 0 Å². The molecule has 106 valence electrons. The van der Waals surface area contributed by atoms with Gasteiger partial charge in [-0.25, -0.2) is 0 Å². The Morgan fingerprint density at radius 2 is 1.79 bits per heavy atom. The minimum Gasteiger partial charge on any atom is -0.354 e. The van der Waals surface area contributed by atoms with Crippen LogP contribution in [0, 0.1) is 5.41 Å². The largest absolute Gasteiger partial charge is 0.354 e. The zero-order valence-electron chi connectivity index (χ0n) is 11.6. The van der Waals surface area contributed by atoms with Crippen LogP contribution in [0.3, 0.4) is 0 Å². The van der Waals surface area contributed by atoms with Crippen LogP contribution in [0.1, 0.15) is 38.5 Å². The average Bonchev–Trinajstić information content (AvgIpc) is 2.82. The van der Waals surface area contributed by atoms with Crippen molar-refractivity contribution in [3.05, 3.63) is 24.5 Å². The molecule has 3 N–H and O–H groups in total. The number of nitrogens with two attached hydrogens (primary N) is 1. The van der Waals surface area contributed by atoms with E-state index in [1.54, 1.807) is 0 Å². The molecule has 0 aromatic carbocycles. The van der Waals surface area contributed by atoms with Crippen molar-refractivity contribution in [2.45, 2.75) is 45.1 Å². The van der Waals surface area contributed by atoms with Gasteiger partial charge in [-0.15, -0.1) is 0 Å². The van der Waals surface area contributed by atoms with Crippen molar-refractivity contribution >= 4 is 5.91 Å². The minimum absolute atomic E-state index is 0.157.